The third-order valence-corrected chi connectivity index (χ3v) is 5.85. The molecule has 0 saturated carbocycles. The molecule has 0 atom stereocenters. The zero-order valence-corrected chi connectivity index (χ0v) is 17.9. The van der Waals surface area contributed by atoms with Crippen molar-refractivity contribution in [2.75, 3.05) is 0 Å². The van der Waals surface area contributed by atoms with Gasteiger partial charge in [0.25, 0.3) is 0 Å². The van der Waals surface area contributed by atoms with Crippen molar-refractivity contribution in [1.82, 2.24) is 0 Å². The van der Waals surface area contributed by atoms with E-state index in [1.54, 1.807) is 48.5 Å². The number of ether oxygens (including phenoxy) is 2. The SMILES string of the molecule is O=C(O)C1c2ccccc2Oc2ccccc21.O=C(O)C1c2ccccc2Oc2ccccc21. The van der Waals surface area contributed by atoms with E-state index in [2.05, 4.69) is 0 Å². The second-order valence-electron chi connectivity index (χ2n) is 7.90. The molecule has 6 heteroatoms. The molecule has 0 spiro atoms. The number of para-hydroxylation sites is 4. The van der Waals surface area contributed by atoms with Gasteiger partial charge in [0.15, 0.2) is 0 Å². The van der Waals surface area contributed by atoms with Crippen LogP contribution in [0.5, 0.6) is 23.0 Å². The fourth-order valence-electron chi connectivity index (χ4n) is 4.35. The Kier molecular flexibility index (Phi) is 5.47. The van der Waals surface area contributed by atoms with Crippen molar-refractivity contribution in [3.05, 3.63) is 119 Å². The van der Waals surface area contributed by atoms with Crippen LogP contribution < -0.4 is 9.47 Å². The Morgan fingerprint density at radius 1 is 0.471 bits per heavy atom. The normalized spacial score (nSPS) is 13.4. The lowest BCUT2D eigenvalue weighted by atomic mass is 9.88. The standard InChI is InChI=1S/2C14H10O3/c2*15-14(16)13-9-5-1-3-7-11(9)17-12-8-4-2-6-10(12)13/h2*1-8,13H,(H,15,16). The van der Waals surface area contributed by atoms with E-state index in [1.165, 1.54) is 0 Å². The number of hydrogen-bond acceptors (Lipinski definition) is 4. The van der Waals surface area contributed by atoms with E-state index < -0.39 is 23.8 Å². The summed E-state index contributed by atoms with van der Waals surface area (Å²) in [4.78, 5) is 22.8. The van der Waals surface area contributed by atoms with Gasteiger partial charge in [-0.3, -0.25) is 9.59 Å². The summed E-state index contributed by atoms with van der Waals surface area (Å²) in [7, 11) is 0. The van der Waals surface area contributed by atoms with Crippen molar-refractivity contribution in [2.45, 2.75) is 11.8 Å². The number of carbonyl (C=O) groups is 2. The van der Waals surface area contributed by atoms with E-state index in [9.17, 15) is 19.8 Å². The molecule has 34 heavy (non-hydrogen) atoms. The molecule has 0 bridgehead atoms. The fraction of sp³-hybridized carbons (Fsp3) is 0.0714. The van der Waals surface area contributed by atoms with Gasteiger partial charge < -0.3 is 19.7 Å². The second-order valence-corrected chi connectivity index (χ2v) is 7.90. The van der Waals surface area contributed by atoms with E-state index in [1.807, 2.05) is 48.5 Å². The Morgan fingerprint density at radius 2 is 0.706 bits per heavy atom. The molecule has 2 N–H and O–H groups in total. The number of hydrogen-bond donors (Lipinski definition) is 2. The maximum atomic E-state index is 11.4. The van der Waals surface area contributed by atoms with Gasteiger partial charge in [-0.2, -0.15) is 0 Å². The first kappa shape index (κ1) is 21.3. The quantitative estimate of drug-likeness (QED) is 0.386. The molecule has 0 amide bonds. The molecule has 2 heterocycles. The molecule has 2 aliphatic rings. The third kappa shape index (κ3) is 3.75. The van der Waals surface area contributed by atoms with Crippen LogP contribution in [0.4, 0.5) is 0 Å². The van der Waals surface area contributed by atoms with Crippen molar-refractivity contribution in [2.24, 2.45) is 0 Å². The number of aliphatic carboxylic acids is 2. The van der Waals surface area contributed by atoms with Gasteiger partial charge in [0.2, 0.25) is 0 Å². The summed E-state index contributed by atoms with van der Waals surface area (Å²) in [6.07, 6.45) is 0. The summed E-state index contributed by atoms with van der Waals surface area (Å²) in [5.41, 5.74) is 2.83. The monoisotopic (exact) mass is 452 g/mol. The van der Waals surface area contributed by atoms with Gasteiger partial charge in [0.05, 0.1) is 0 Å². The maximum Gasteiger partial charge on any atom is 0.315 e. The summed E-state index contributed by atoms with van der Waals surface area (Å²) in [5.74, 6) is -0.497. The summed E-state index contributed by atoms with van der Waals surface area (Å²) in [6, 6.07) is 29.0. The number of carboxylic acids is 2. The summed E-state index contributed by atoms with van der Waals surface area (Å²) in [5, 5.41) is 18.8. The maximum absolute atomic E-state index is 11.4. The van der Waals surface area contributed by atoms with E-state index in [4.69, 9.17) is 9.47 Å². The molecule has 4 aromatic rings. The van der Waals surface area contributed by atoms with Crippen LogP contribution in [-0.2, 0) is 9.59 Å². The van der Waals surface area contributed by atoms with Crippen LogP contribution in [0.2, 0.25) is 0 Å². The average Bonchev–Trinajstić information content (AvgIpc) is 2.85. The van der Waals surface area contributed by atoms with Crippen molar-refractivity contribution in [3.63, 3.8) is 0 Å². The molecule has 0 aromatic heterocycles. The second kappa shape index (κ2) is 8.75. The minimum absolute atomic E-state index is 0.624. The number of carboxylic acid groups (broad SMARTS) is 2. The average molecular weight is 452 g/mol. The molecule has 0 radical (unpaired) electrons. The molecule has 6 nitrogen and oxygen atoms in total. The number of benzene rings is 4. The Hall–Kier alpha value is -4.58. The van der Waals surface area contributed by atoms with Crippen molar-refractivity contribution >= 4 is 11.9 Å². The summed E-state index contributed by atoms with van der Waals surface area (Å²) in [6.45, 7) is 0. The minimum atomic E-state index is -0.854. The number of fused-ring (bicyclic) bond motifs is 4. The van der Waals surface area contributed by atoms with Crippen LogP contribution in [0.3, 0.4) is 0 Å². The molecular weight excluding hydrogens is 432 g/mol. The molecule has 0 fully saturated rings. The minimum Gasteiger partial charge on any atom is -0.481 e. The first-order valence-corrected chi connectivity index (χ1v) is 10.7. The van der Waals surface area contributed by atoms with Crippen molar-refractivity contribution in [3.8, 4) is 23.0 Å². The van der Waals surface area contributed by atoms with Crippen LogP contribution >= 0.6 is 0 Å². The van der Waals surface area contributed by atoms with Crippen LogP contribution in [0.1, 0.15) is 34.1 Å². The zero-order chi connectivity index (χ0) is 23.7. The van der Waals surface area contributed by atoms with Gasteiger partial charge in [0, 0.05) is 22.3 Å². The lowest BCUT2D eigenvalue weighted by Crippen LogP contribution is -2.18. The van der Waals surface area contributed by atoms with Gasteiger partial charge in [0.1, 0.15) is 34.8 Å². The molecule has 2 aliphatic heterocycles. The van der Waals surface area contributed by atoms with Gasteiger partial charge in [-0.1, -0.05) is 72.8 Å². The molecule has 4 aromatic carbocycles. The lowest BCUT2D eigenvalue weighted by molar-refractivity contribution is -0.138. The molecule has 6 rings (SSSR count). The van der Waals surface area contributed by atoms with Crippen molar-refractivity contribution in [1.29, 1.82) is 0 Å². The Morgan fingerprint density at radius 3 is 0.941 bits per heavy atom. The highest BCUT2D eigenvalue weighted by molar-refractivity contribution is 5.84. The van der Waals surface area contributed by atoms with Gasteiger partial charge in [-0.15, -0.1) is 0 Å². The predicted octanol–water partition coefficient (Wildman–Crippen LogP) is 6.02. The third-order valence-electron chi connectivity index (χ3n) is 5.85. The van der Waals surface area contributed by atoms with E-state index in [-0.39, 0.29) is 0 Å². The van der Waals surface area contributed by atoms with Crippen LogP contribution in [0.15, 0.2) is 97.1 Å². The van der Waals surface area contributed by atoms with E-state index >= 15 is 0 Å². The fourth-order valence-corrected chi connectivity index (χ4v) is 4.35. The highest BCUT2D eigenvalue weighted by atomic mass is 16.5. The van der Waals surface area contributed by atoms with Crippen LogP contribution in [-0.4, -0.2) is 22.2 Å². The highest BCUT2D eigenvalue weighted by Crippen LogP contribution is 2.44. The topological polar surface area (TPSA) is 93.1 Å². The van der Waals surface area contributed by atoms with Crippen molar-refractivity contribution < 1.29 is 29.3 Å². The molecule has 0 aliphatic carbocycles. The predicted molar refractivity (Wildman–Crippen MR) is 125 cm³/mol. The molecular formula is C28H20O6. The van der Waals surface area contributed by atoms with Gasteiger partial charge >= 0.3 is 11.9 Å². The van der Waals surface area contributed by atoms with E-state index in [0.29, 0.717) is 45.3 Å². The summed E-state index contributed by atoms with van der Waals surface area (Å²) < 4.78 is 11.4. The molecule has 0 saturated heterocycles. The highest BCUT2D eigenvalue weighted by Gasteiger charge is 2.33. The zero-order valence-electron chi connectivity index (χ0n) is 17.9. The Labute approximate surface area is 195 Å². The van der Waals surface area contributed by atoms with Gasteiger partial charge in [-0.25, -0.2) is 0 Å². The smallest absolute Gasteiger partial charge is 0.315 e. The van der Waals surface area contributed by atoms with E-state index in [0.717, 1.165) is 0 Å². The Balaban J connectivity index is 0.000000142. The Bertz CT molecular complexity index is 1200. The number of rotatable bonds is 2. The molecule has 0 unspecified atom stereocenters. The first-order valence-electron chi connectivity index (χ1n) is 10.7. The van der Waals surface area contributed by atoms with Gasteiger partial charge in [-0.05, 0) is 24.3 Å². The lowest BCUT2D eigenvalue weighted by Gasteiger charge is -2.25. The molecule has 168 valence electrons. The first-order chi connectivity index (χ1) is 16.5. The van der Waals surface area contributed by atoms with Crippen LogP contribution in [0, 0.1) is 0 Å². The summed E-state index contributed by atoms with van der Waals surface area (Å²) >= 11 is 0. The largest absolute Gasteiger partial charge is 0.481 e. The van der Waals surface area contributed by atoms with Crippen LogP contribution in [0.25, 0.3) is 0 Å².